The van der Waals surface area contributed by atoms with Crippen LogP contribution < -0.4 is 9.62 Å². The van der Waals surface area contributed by atoms with Gasteiger partial charge in [-0.1, -0.05) is 79.7 Å². The van der Waals surface area contributed by atoms with Gasteiger partial charge in [-0.25, -0.2) is 8.42 Å². The van der Waals surface area contributed by atoms with E-state index in [1.165, 1.54) is 17.0 Å². The second-order valence-electron chi connectivity index (χ2n) is 11.1. The molecule has 3 aromatic rings. The summed E-state index contributed by atoms with van der Waals surface area (Å²) in [7, 11) is -4.13. The van der Waals surface area contributed by atoms with Crippen molar-refractivity contribution in [1.29, 1.82) is 0 Å². The molecule has 1 fully saturated rings. The first-order valence-electron chi connectivity index (χ1n) is 14.7. The molecule has 0 radical (unpaired) electrons. The van der Waals surface area contributed by atoms with Crippen LogP contribution in [0.15, 0.2) is 71.6 Å². The number of rotatable bonds is 11. The average Bonchev–Trinajstić information content (AvgIpc) is 3.00. The average molecular weight is 645 g/mol. The highest BCUT2D eigenvalue weighted by atomic mass is 35.5. The summed E-state index contributed by atoms with van der Waals surface area (Å²) in [6.45, 7) is 5.25. The predicted molar refractivity (Wildman–Crippen MR) is 173 cm³/mol. The molecule has 0 spiro atoms. The highest BCUT2D eigenvalue weighted by Crippen LogP contribution is 2.28. The van der Waals surface area contributed by atoms with Crippen molar-refractivity contribution in [2.24, 2.45) is 0 Å². The summed E-state index contributed by atoms with van der Waals surface area (Å²) >= 11 is 12.4. The van der Waals surface area contributed by atoms with E-state index in [2.05, 4.69) is 5.32 Å². The zero-order valence-corrected chi connectivity index (χ0v) is 27.2. The molecule has 1 atom stereocenters. The zero-order chi connectivity index (χ0) is 31.1. The molecule has 0 bridgehead atoms. The highest BCUT2D eigenvalue weighted by molar-refractivity contribution is 7.92. The molecule has 43 heavy (non-hydrogen) atoms. The quantitative estimate of drug-likeness (QED) is 0.242. The number of anilines is 1. The highest BCUT2D eigenvalue weighted by Gasteiger charge is 2.34. The van der Waals surface area contributed by atoms with Crippen LogP contribution in [-0.2, 0) is 26.2 Å². The second kappa shape index (κ2) is 14.6. The Morgan fingerprint density at radius 3 is 2.23 bits per heavy atom. The van der Waals surface area contributed by atoms with Crippen LogP contribution in [0.4, 0.5) is 5.69 Å². The molecule has 1 aliphatic rings. The number of benzene rings is 3. The van der Waals surface area contributed by atoms with Crippen molar-refractivity contribution in [3.05, 3.63) is 93.5 Å². The van der Waals surface area contributed by atoms with Crippen LogP contribution in [0.25, 0.3) is 0 Å². The zero-order valence-electron chi connectivity index (χ0n) is 24.9. The third-order valence-electron chi connectivity index (χ3n) is 8.06. The number of amides is 2. The van der Waals surface area contributed by atoms with E-state index in [0.29, 0.717) is 27.7 Å². The topological polar surface area (TPSA) is 86.8 Å². The van der Waals surface area contributed by atoms with Gasteiger partial charge < -0.3 is 10.2 Å². The number of nitrogens with one attached hydrogen (secondary N) is 1. The maximum absolute atomic E-state index is 14.3. The van der Waals surface area contributed by atoms with Gasteiger partial charge in [-0.3, -0.25) is 13.9 Å². The molecule has 2 amide bonds. The van der Waals surface area contributed by atoms with Crippen LogP contribution >= 0.6 is 23.2 Å². The Balaban J connectivity index is 1.73. The number of hydrogen-bond acceptors (Lipinski definition) is 4. The van der Waals surface area contributed by atoms with Gasteiger partial charge in [0.25, 0.3) is 10.0 Å². The summed E-state index contributed by atoms with van der Waals surface area (Å²) in [6.07, 6.45) is 5.40. The van der Waals surface area contributed by atoms with Crippen LogP contribution in [0.3, 0.4) is 0 Å². The van der Waals surface area contributed by atoms with E-state index in [4.69, 9.17) is 23.2 Å². The first kappa shape index (κ1) is 32.8. The lowest BCUT2D eigenvalue weighted by Crippen LogP contribution is -2.54. The number of carbonyl (C=O) groups excluding carboxylic acids is 2. The van der Waals surface area contributed by atoms with E-state index in [1.54, 1.807) is 48.5 Å². The molecule has 0 saturated heterocycles. The fourth-order valence-electron chi connectivity index (χ4n) is 5.43. The van der Waals surface area contributed by atoms with Gasteiger partial charge in [-0.05, 0) is 86.2 Å². The molecule has 0 heterocycles. The van der Waals surface area contributed by atoms with Gasteiger partial charge in [-0.2, -0.15) is 0 Å². The summed E-state index contributed by atoms with van der Waals surface area (Å²) < 4.78 is 29.1. The minimum atomic E-state index is -4.13. The van der Waals surface area contributed by atoms with Crippen molar-refractivity contribution in [3.63, 3.8) is 0 Å². The largest absolute Gasteiger partial charge is 0.352 e. The summed E-state index contributed by atoms with van der Waals surface area (Å²) in [6, 6.07) is 17.6. The van der Waals surface area contributed by atoms with Gasteiger partial charge in [0.05, 0.1) is 20.6 Å². The predicted octanol–water partition coefficient (Wildman–Crippen LogP) is 7.06. The summed E-state index contributed by atoms with van der Waals surface area (Å²) in [4.78, 5) is 29.5. The van der Waals surface area contributed by atoms with Crippen molar-refractivity contribution < 1.29 is 18.0 Å². The van der Waals surface area contributed by atoms with E-state index in [-0.39, 0.29) is 23.4 Å². The van der Waals surface area contributed by atoms with Gasteiger partial charge in [-0.15, -0.1) is 0 Å². The van der Waals surface area contributed by atoms with Gasteiger partial charge in [0, 0.05) is 12.6 Å². The minimum absolute atomic E-state index is 0.0540. The Kier molecular flexibility index (Phi) is 11.2. The Bertz CT molecular complexity index is 1540. The Labute approximate surface area is 265 Å². The molecule has 7 nitrogen and oxygen atoms in total. The maximum Gasteiger partial charge on any atom is 0.264 e. The standard InChI is InChI=1S/C33H39Cl2N3O4S/c1-4-31(33(40)36-26-11-7-5-8-12-26)37(21-25-16-18-29(34)30(35)20-25)32(39)22-38(27-17-15-23(2)24(3)19-27)43(41,42)28-13-9-6-10-14-28/h6,9-10,13-20,26,31H,4-5,7-8,11-12,21-22H2,1-3H3,(H,36,40)/t31-/m0/s1. The summed E-state index contributed by atoms with van der Waals surface area (Å²) in [5, 5.41) is 3.86. The van der Waals surface area contributed by atoms with Crippen molar-refractivity contribution in [3.8, 4) is 0 Å². The van der Waals surface area contributed by atoms with Gasteiger partial charge in [0.15, 0.2) is 0 Å². The van der Waals surface area contributed by atoms with Crippen molar-refractivity contribution >= 4 is 50.7 Å². The van der Waals surface area contributed by atoms with Crippen molar-refractivity contribution in [2.45, 2.75) is 82.8 Å². The van der Waals surface area contributed by atoms with Crippen LogP contribution in [0, 0.1) is 13.8 Å². The summed E-state index contributed by atoms with van der Waals surface area (Å²) in [5.41, 5.74) is 2.94. The van der Waals surface area contributed by atoms with Crippen molar-refractivity contribution in [2.75, 3.05) is 10.8 Å². The lowest BCUT2D eigenvalue weighted by atomic mass is 9.95. The molecule has 10 heteroatoms. The molecule has 0 aromatic heterocycles. The summed E-state index contributed by atoms with van der Waals surface area (Å²) in [5.74, 6) is -0.749. The number of sulfonamides is 1. The second-order valence-corrected chi connectivity index (χ2v) is 13.8. The first-order valence-corrected chi connectivity index (χ1v) is 16.9. The molecular weight excluding hydrogens is 605 g/mol. The Morgan fingerprint density at radius 1 is 0.907 bits per heavy atom. The van der Waals surface area contributed by atoms with E-state index >= 15 is 0 Å². The van der Waals surface area contributed by atoms with Gasteiger partial charge in [0.1, 0.15) is 12.6 Å². The van der Waals surface area contributed by atoms with E-state index in [0.717, 1.165) is 47.5 Å². The minimum Gasteiger partial charge on any atom is -0.352 e. The molecule has 230 valence electrons. The van der Waals surface area contributed by atoms with E-state index in [1.807, 2.05) is 26.8 Å². The normalized spacial score (nSPS) is 14.6. The SMILES string of the molecule is CC[C@@H](C(=O)NC1CCCCC1)N(Cc1ccc(Cl)c(Cl)c1)C(=O)CN(c1ccc(C)c(C)c1)S(=O)(=O)c1ccccc1. The monoisotopic (exact) mass is 643 g/mol. The molecule has 3 aromatic carbocycles. The van der Waals surface area contributed by atoms with E-state index in [9.17, 15) is 18.0 Å². The van der Waals surface area contributed by atoms with Crippen LogP contribution in [0.5, 0.6) is 0 Å². The number of carbonyl (C=O) groups is 2. The maximum atomic E-state index is 14.3. The molecular formula is C33H39Cl2N3O4S. The van der Waals surface area contributed by atoms with Gasteiger partial charge in [0.2, 0.25) is 11.8 Å². The number of halogens is 2. The molecule has 4 rings (SSSR count). The van der Waals surface area contributed by atoms with Crippen LogP contribution in [0.2, 0.25) is 10.0 Å². The fraction of sp³-hybridized carbons (Fsp3) is 0.394. The molecule has 1 N–H and O–H groups in total. The third kappa shape index (κ3) is 8.11. The smallest absolute Gasteiger partial charge is 0.264 e. The Hall–Kier alpha value is -3.07. The lowest BCUT2D eigenvalue weighted by Gasteiger charge is -2.34. The fourth-order valence-corrected chi connectivity index (χ4v) is 7.18. The first-order chi connectivity index (χ1) is 20.5. The number of hydrogen-bond donors (Lipinski definition) is 1. The van der Waals surface area contributed by atoms with Gasteiger partial charge >= 0.3 is 0 Å². The van der Waals surface area contributed by atoms with E-state index < -0.39 is 28.5 Å². The molecule has 1 aliphatic carbocycles. The van der Waals surface area contributed by atoms with Crippen molar-refractivity contribution in [1.82, 2.24) is 10.2 Å². The molecule has 1 saturated carbocycles. The number of nitrogens with zero attached hydrogens (tertiary/aromatic N) is 2. The van der Waals surface area contributed by atoms with Crippen LogP contribution in [-0.4, -0.2) is 43.8 Å². The lowest BCUT2D eigenvalue weighted by molar-refractivity contribution is -0.140. The third-order valence-corrected chi connectivity index (χ3v) is 10.6. The molecule has 0 aliphatic heterocycles. The Morgan fingerprint density at radius 2 is 1.60 bits per heavy atom. The molecule has 0 unspecified atom stereocenters. The number of aryl methyl sites for hydroxylation is 2. The van der Waals surface area contributed by atoms with Crippen LogP contribution in [0.1, 0.15) is 62.1 Å².